The van der Waals surface area contributed by atoms with E-state index in [-0.39, 0.29) is 18.2 Å². The molecule has 0 aliphatic rings. The topological polar surface area (TPSA) is 80.3 Å². The van der Waals surface area contributed by atoms with Gasteiger partial charge in [0.1, 0.15) is 11.2 Å². The van der Waals surface area contributed by atoms with Gasteiger partial charge in [0.05, 0.1) is 12.7 Å². The fraction of sp³-hybridized carbons (Fsp3) is 0.333. The van der Waals surface area contributed by atoms with Gasteiger partial charge in [-0.1, -0.05) is 0 Å². The third kappa shape index (κ3) is 3.05. The molecule has 0 bridgehead atoms. The molecule has 0 aliphatic heterocycles. The van der Waals surface area contributed by atoms with Gasteiger partial charge < -0.3 is 14.8 Å². The van der Waals surface area contributed by atoms with Gasteiger partial charge in [-0.3, -0.25) is 9.48 Å². The fourth-order valence-corrected chi connectivity index (χ4v) is 2.56. The van der Waals surface area contributed by atoms with Crippen molar-refractivity contribution in [2.45, 2.75) is 26.4 Å². The molecule has 1 amide bonds. The molecule has 6 heteroatoms. The van der Waals surface area contributed by atoms with E-state index >= 15 is 0 Å². The lowest BCUT2D eigenvalue weighted by Crippen LogP contribution is -2.38. The Balaban J connectivity index is 1.75. The molecule has 3 rings (SSSR count). The molecule has 0 saturated heterocycles. The minimum Gasteiger partial charge on any atom is -0.451 e. The number of nitrogens with zero attached hydrogens (tertiary/aromatic N) is 2. The van der Waals surface area contributed by atoms with Crippen LogP contribution in [0.4, 0.5) is 0 Å². The maximum atomic E-state index is 12.3. The number of benzene rings is 1. The van der Waals surface area contributed by atoms with E-state index in [1.165, 1.54) is 0 Å². The summed E-state index contributed by atoms with van der Waals surface area (Å²) in [6.07, 6.45) is 3.30. The number of hydrogen-bond donors (Lipinski definition) is 2. The summed E-state index contributed by atoms with van der Waals surface area (Å²) in [7, 11) is 1.77. The highest BCUT2D eigenvalue weighted by molar-refractivity contribution is 5.96. The van der Waals surface area contributed by atoms with Gasteiger partial charge >= 0.3 is 0 Å². The number of hydrogen-bond acceptors (Lipinski definition) is 4. The second-order valence-electron chi connectivity index (χ2n) is 6.44. The largest absolute Gasteiger partial charge is 0.451 e. The van der Waals surface area contributed by atoms with E-state index in [1.54, 1.807) is 37.1 Å². The molecule has 2 N–H and O–H groups in total. The van der Waals surface area contributed by atoms with Crippen LogP contribution in [-0.4, -0.2) is 27.3 Å². The first-order valence-electron chi connectivity index (χ1n) is 7.77. The molecule has 1 unspecified atom stereocenters. The zero-order chi connectivity index (χ0) is 17.5. The summed E-state index contributed by atoms with van der Waals surface area (Å²) < 4.78 is 7.24. The van der Waals surface area contributed by atoms with E-state index < -0.39 is 5.60 Å². The van der Waals surface area contributed by atoms with Crippen LogP contribution < -0.4 is 5.32 Å². The summed E-state index contributed by atoms with van der Waals surface area (Å²) in [5.74, 6) is -0.123. The molecule has 0 fully saturated rings. The third-order valence-corrected chi connectivity index (χ3v) is 4.28. The molecule has 2 aromatic heterocycles. The van der Waals surface area contributed by atoms with Crippen molar-refractivity contribution in [3.8, 4) is 0 Å². The van der Waals surface area contributed by atoms with Crippen LogP contribution in [0, 0.1) is 13.8 Å². The number of aryl methyl sites for hydroxylation is 3. The summed E-state index contributed by atoms with van der Waals surface area (Å²) >= 11 is 0. The van der Waals surface area contributed by atoms with E-state index in [0.29, 0.717) is 11.1 Å². The molecular weight excluding hydrogens is 306 g/mol. The number of amides is 1. The quantitative estimate of drug-likeness (QED) is 0.771. The van der Waals surface area contributed by atoms with Crippen LogP contribution in [0.2, 0.25) is 0 Å². The van der Waals surface area contributed by atoms with Crippen LogP contribution >= 0.6 is 0 Å². The summed E-state index contributed by atoms with van der Waals surface area (Å²) in [4.78, 5) is 12.3. The lowest BCUT2D eigenvalue weighted by atomic mass is 10.00. The summed E-state index contributed by atoms with van der Waals surface area (Å²) in [5.41, 5.74) is 2.38. The molecule has 6 nitrogen and oxygen atoms in total. The number of carbonyl (C=O) groups is 1. The van der Waals surface area contributed by atoms with Crippen molar-refractivity contribution in [2.75, 3.05) is 6.54 Å². The minimum absolute atomic E-state index is 0.0621. The average molecular weight is 327 g/mol. The average Bonchev–Trinajstić information content (AvgIpc) is 3.12. The summed E-state index contributed by atoms with van der Waals surface area (Å²) in [5, 5.41) is 18.2. The number of furan rings is 1. The Hall–Kier alpha value is -2.60. The van der Waals surface area contributed by atoms with Gasteiger partial charge in [0.25, 0.3) is 5.91 Å². The highest BCUT2D eigenvalue weighted by atomic mass is 16.3. The maximum Gasteiger partial charge on any atom is 0.287 e. The summed E-state index contributed by atoms with van der Waals surface area (Å²) in [6.45, 7) is 5.72. The van der Waals surface area contributed by atoms with Crippen LogP contribution in [-0.2, 0) is 12.6 Å². The number of aromatic nitrogens is 2. The molecule has 24 heavy (non-hydrogen) atoms. The lowest BCUT2D eigenvalue weighted by Gasteiger charge is -2.21. The van der Waals surface area contributed by atoms with Gasteiger partial charge in [-0.25, -0.2) is 0 Å². The van der Waals surface area contributed by atoms with Crippen molar-refractivity contribution < 1.29 is 14.3 Å². The lowest BCUT2D eigenvalue weighted by molar-refractivity contribution is 0.0519. The Labute approximate surface area is 140 Å². The Morgan fingerprint density at radius 3 is 2.71 bits per heavy atom. The van der Waals surface area contributed by atoms with Gasteiger partial charge in [0, 0.05) is 24.2 Å². The third-order valence-electron chi connectivity index (χ3n) is 4.28. The number of nitrogens with one attached hydrogen (secondary N) is 1. The minimum atomic E-state index is -1.21. The van der Waals surface area contributed by atoms with Crippen LogP contribution in [0.3, 0.4) is 0 Å². The second kappa shape index (κ2) is 5.79. The number of carbonyl (C=O) groups excluding carboxylic acids is 1. The van der Waals surface area contributed by atoms with Gasteiger partial charge in [0.15, 0.2) is 5.76 Å². The first-order chi connectivity index (χ1) is 11.3. The van der Waals surface area contributed by atoms with E-state index in [4.69, 9.17) is 4.42 Å². The van der Waals surface area contributed by atoms with Gasteiger partial charge in [-0.2, -0.15) is 5.10 Å². The van der Waals surface area contributed by atoms with Crippen LogP contribution in [0.25, 0.3) is 11.0 Å². The Kier molecular flexibility index (Phi) is 3.93. The van der Waals surface area contributed by atoms with Crippen molar-refractivity contribution in [2.24, 2.45) is 7.05 Å². The van der Waals surface area contributed by atoms with Gasteiger partial charge in [-0.05, 0) is 50.1 Å². The van der Waals surface area contributed by atoms with Crippen LogP contribution in [0.5, 0.6) is 0 Å². The molecule has 1 aromatic carbocycles. The Morgan fingerprint density at radius 1 is 1.33 bits per heavy atom. The Morgan fingerprint density at radius 2 is 2.04 bits per heavy atom. The molecule has 0 saturated carbocycles. The van der Waals surface area contributed by atoms with Crippen molar-refractivity contribution in [1.82, 2.24) is 15.1 Å². The van der Waals surface area contributed by atoms with Gasteiger partial charge in [0.2, 0.25) is 0 Å². The van der Waals surface area contributed by atoms with Crippen LogP contribution in [0.15, 0.2) is 35.0 Å². The first kappa shape index (κ1) is 16.3. The molecule has 0 aliphatic carbocycles. The van der Waals surface area contributed by atoms with E-state index in [2.05, 4.69) is 10.4 Å². The van der Waals surface area contributed by atoms with Crippen molar-refractivity contribution in [1.29, 1.82) is 0 Å². The SMILES string of the molecule is Cc1cc2cc(C(=O)NCC(C)(O)c3cnn(C)c3)oc2cc1C. The first-order valence-corrected chi connectivity index (χ1v) is 7.77. The maximum absolute atomic E-state index is 12.3. The smallest absolute Gasteiger partial charge is 0.287 e. The van der Waals surface area contributed by atoms with E-state index in [9.17, 15) is 9.90 Å². The number of rotatable bonds is 4. The predicted molar refractivity (Wildman–Crippen MR) is 90.8 cm³/mol. The van der Waals surface area contributed by atoms with Crippen molar-refractivity contribution >= 4 is 16.9 Å². The van der Waals surface area contributed by atoms with Crippen LogP contribution in [0.1, 0.15) is 34.2 Å². The highest BCUT2D eigenvalue weighted by Crippen LogP contribution is 2.24. The van der Waals surface area contributed by atoms with Crippen molar-refractivity contribution in [3.63, 3.8) is 0 Å². The second-order valence-corrected chi connectivity index (χ2v) is 6.44. The normalized spacial score (nSPS) is 13.9. The fourth-order valence-electron chi connectivity index (χ4n) is 2.56. The monoisotopic (exact) mass is 327 g/mol. The van der Waals surface area contributed by atoms with Crippen molar-refractivity contribution in [3.05, 3.63) is 53.0 Å². The molecule has 0 spiro atoms. The van der Waals surface area contributed by atoms with E-state index in [0.717, 1.165) is 16.5 Å². The molecule has 1 atom stereocenters. The molecule has 2 heterocycles. The number of aliphatic hydroxyl groups is 1. The predicted octanol–water partition coefficient (Wildman–Crippen LogP) is 2.42. The molecule has 3 aromatic rings. The van der Waals surface area contributed by atoms with Gasteiger partial charge in [-0.15, -0.1) is 0 Å². The Bertz CT molecular complexity index is 867. The molecule has 126 valence electrons. The molecule has 0 radical (unpaired) electrons. The number of fused-ring (bicyclic) bond motifs is 1. The van der Waals surface area contributed by atoms with E-state index in [1.807, 2.05) is 26.0 Å². The standard InChI is InChI=1S/C18H21N3O3/c1-11-5-13-7-16(24-15(13)6-12(11)2)17(22)19-10-18(3,23)14-8-20-21(4)9-14/h5-9,23H,10H2,1-4H3,(H,19,22). The zero-order valence-corrected chi connectivity index (χ0v) is 14.3. The zero-order valence-electron chi connectivity index (χ0n) is 14.3. The molecular formula is C18H21N3O3. The highest BCUT2D eigenvalue weighted by Gasteiger charge is 2.26. The summed E-state index contributed by atoms with van der Waals surface area (Å²) in [6, 6.07) is 5.64.